The molecule has 2 aromatic carbocycles. The van der Waals surface area contributed by atoms with Crippen molar-refractivity contribution in [1.29, 1.82) is 0 Å². The summed E-state index contributed by atoms with van der Waals surface area (Å²) in [7, 11) is 2.98. The molecule has 0 fully saturated rings. The highest BCUT2D eigenvalue weighted by Crippen LogP contribution is 2.25. The molecule has 0 heterocycles. The lowest BCUT2D eigenvalue weighted by atomic mass is 10.1. The molecule has 0 spiro atoms. The Labute approximate surface area is 171 Å². The molecular weight excluding hydrogens is 370 g/mol. The zero-order valence-electron chi connectivity index (χ0n) is 17.1. The third kappa shape index (κ3) is 7.58. The molecule has 0 unspecified atom stereocenters. The van der Waals surface area contributed by atoms with Gasteiger partial charge in [-0.05, 0) is 30.7 Å². The Morgan fingerprint density at radius 3 is 2.62 bits per heavy atom. The number of fused-ring (bicyclic) bond motifs is 1. The predicted octanol–water partition coefficient (Wildman–Crippen LogP) is 3.64. The Balaban J connectivity index is 2.00. The van der Waals surface area contributed by atoms with Crippen LogP contribution in [0.1, 0.15) is 25.7 Å². The van der Waals surface area contributed by atoms with Crippen LogP contribution in [0.3, 0.4) is 0 Å². The monoisotopic (exact) mass is 399 g/mol. The fraction of sp³-hybridized carbons (Fsp3) is 0.391. The predicted molar refractivity (Wildman–Crippen MR) is 113 cm³/mol. The number of unbranched alkanes of at least 4 members (excludes halogenated alkanes) is 2. The Bertz CT molecular complexity index is 826. The number of carbonyl (C=O) groups excluding carboxylic acids is 2. The van der Waals surface area contributed by atoms with Gasteiger partial charge in [0.15, 0.2) is 0 Å². The van der Waals surface area contributed by atoms with E-state index in [1.807, 2.05) is 48.5 Å². The number of esters is 1. The van der Waals surface area contributed by atoms with Crippen LogP contribution in [0.15, 0.2) is 54.1 Å². The van der Waals surface area contributed by atoms with E-state index in [2.05, 4.69) is 10.1 Å². The topological polar surface area (TPSA) is 73.9 Å². The van der Waals surface area contributed by atoms with Gasteiger partial charge in [0.1, 0.15) is 12.4 Å². The molecule has 6 nitrogen and oxygen atoms in total. The average Bonchev–Trinajstić information content (AvgIpc) is 2.75. The van der Waals surface area contributed by atoms with Crippen molar-refractivity contribution in [3.8, 4) is 5.75 Å². The summed E-state index contributed by atoms with van der Waals surface area (Å²) in [6.45, 7) is 1.05. The maximum absolute atomic E-state index is 12.5. The van der Waals surface area contributed by atoms with Crippen LogP contribution < -0.4 is 10.1 Å². The van der Waals surface area contributed by atoms with E-state index in [-0.39, 0.29) is 18.5 Å². The van der Waals surface area contributed by atoms with Crippen molar-refractivity contribution in [3.05, 3.63) is 54.1 Å². The molecule has 6 heteroatoms. The van der Waals surface area contributed by atoms with E-state index >= 15 is 0 Å². The summed E-state index contributed by atoms with van der Waals surface area (Å²) >= 11 is 0. The Kier molecular flexibility index (Phi) is 9.72. The van der Waals surface area contributed by atoms with Gasteiger partial charge in [-0.1, -0.05) is 42.5 Å². The van der Waals surface area contributed by atoms with Crippen LogP contribution in [-0.4, -0.2) is 45.9 Å². The van der Waals surface area contributed by atoms with Gasteiger partial charge in [-0.2, -0.15) is 0 Å². The largest absolute Gasteiger partial charge is 0.488 e. The van der Waals surface area contributed by atoms with Crippen molar-refractivity contribution in [2.24, 2.45) is 0 Å². The molecule has 0 aromatic heterocycles. The van der Waals surface area contributed by atoms with Crippen molar-refractivity contribution >= 4 is 22.6 Å². The zero-order valence-corrected chi connectivity index (χ0v) is 17.1. The minimum absolute atomic E-state index is 0.170. The molecule has 29 heavy (non-hydrogen) atoms. The van der Waals surface area contributed by atoms with Gasteiger partial charge < -0.3 is 19.5 Å². The highest BCUT2D eigenvalue weighted by Gasteiger charge is 2.11. The first-order valence-electron chi connectivity index (χ1n) is 9.79. The van der Waals surface area contributed by atoms with Crippen molar-refractivity contribution in [2.45, 2.75) is 25.7 Å². The molecule has 0 aliphatic carbocycles. The van der Waals surface area contributed by atoms with Crippen LogP contribution in [0.4, 0.5) is 0 Å². The zero-order chi connectivity index (χ0) is 20.9. The third-order valence-electron chi connectivity index (χ3n) is 4.47. The van der Waals surface area contributed by atoms with E-state index in [1.165, 1.54) is 7.11 Å². The molecule has 0 saturated carbocycles. The molecule has 0 saturated heterocycles. The summed E-state index contributed by atoms with van der Waals surface area (Å²) < 4.78 is 15.6. The number of hydrogen-bond donors (Lipinski definition) is 1. The van der Waals surface area contributed by atoms with Crippen LogP contribution in [0.2, 0.25) is 0 Å². The Morgan fingerprint density at radius 1 is 1.03 bits per heavy atom. The number of methoxy groups -OCH3 is 2. The van der Waals surface area contributed by atoms with Gasteiger partial charge >= 0.3 is 5.97 Å². The highest BCUT2D eigenvalue weighted by atomic mass is 16.5. The normalized spacial score (nSPS) is 11.3. The van der Waals surface area contributed by atoms with E-state index in [9.17, 15) is 9.59 Å². The van der Waals surface area contributed by atoms with Gasteiger partial charge in [0.05, 0.1) is 19.3 Å². The van der Waals surface area contributed by atoms with Crippen molar-refractivity contribution < 1.29 is 23.8 Å². The first kappa shape index (κ1) is 22.4. The number of carbonyl (C=O) groups is 2. The van der Waals surface area contributed by atoms with Gasteiger partial charge in [-0.25, -0.2) is 0 Å². The fourth-order valence-electron chi connectivity index (χ4n) is 2.87. The number of amides is 1. The number of allylic oxidation sites excluding steroid dienone is 1. The van der Waals surface area contributed by atoms with Crippen LogP contribution in [0, 0.1) is 0 Å². The highest BCUT2D eigenvalue weighted by molar-refractivity contribution is 5.94. The van der Waals surface area contributed by atoms with Gasteiger partial charge in [0.25, 0.3) is 0 Å². The number of benzene rings is 2. The molecule has 0 aliphatic heterocycles. The average molecular weight is 399 g/mol. The first-order chi connectivity index (χ1) is 14.2. The fourth-order valence-corrected chi connectivity index (χ4v) is 2.87. The van der Waals surface area contributed by atoms with Gasteiger partial charge in [-0.3, -0.25) is 9.59 Å². The van der Waals surface area contributed by atoms with E-state index in [4.69, 9.17) is 9.47 Å². The summed E-state index contributed by atoms with van der Waals surface area (Å²) in [5, 5.41) is 4.93. The van der Waals surface area contributed by atoms with Crippen molar-refractivity contribution in [3.63, 3.8) is 0 Å². The summed E-state index contributed by atoms with van der Waals surface area (Å²) in [4.78, 5) is 23.7. The Morgan fingerprint density at radius 2 is 1.83 bits per heavy atom. The van der Waals surface area contributed by atoms with Crippen molar-refractivity contribution in [1.82, 2.24) is 5.32 Å². The van der Waals surface area contributed by atoms with Crippen LogP contribution in [0.5, 0.6) is 5.75 Å². The molecule has 0 atom stereocenters. The van der Waals surface area contributed by atoms with E-state index in [1.54, 1.807) is 7.11 Å². The van der Waals surface area contributed by atoms with E-state index < -0.39 is 0 Å². The number of rotatable bonds is 12. The van der Waals surface area contributed by atoms with Crippen LogP contribution in [0.25, 0.3) is 10.8 Å². The lowest BCUT2D eigenvalue weighted by Gasteiger charge is -2.12. The molecule has 2 rings (SSSR count). The van der Waals surface area contributed by atoms with E-state index in [0.29, 0.717) is 38.0 Å². The maximum atomic E-state index is 12.5. The smallest absolute Gasteiger partial charge is 0.305 e. The van der Waals surface area contributed by atoms with Gasteiger partial charge in [0.2, 0.25) is 5.91 Å². The van der Waals surface area contributed by atoms with E-state index in [0.717, 1.165) is 22.9 Å². The second-order valence-electron chi connectivity index (χ2n) is 6.57. The molecule has 1 N–H and O–H groups in total. The second kappa shape index (κ2) is 12.6. The Hall–Kier alpha value is -2.86. The number of nitrogens with one attached hydrogen (secondary N) is 1. The minimum atomic E-state index is -0.217. The molecule has 0 radical (unpaired) electrons. The molecule has 156 valence electrons. The summed E-state index contributed by atoms with van der Waals surface area (Å²) in [5.74, 6) is 0.352. The number of ether oxygens (including phenoxy) is 3. The quantitative estimate of drug-likeness (QED) is 0.335. The first-order valence-corrected chi connectivity index (χ1v) is 9.79. The number of hydrogen-bond acceptors (Lipinski definition) is 5. The molecule has 0 aliphatic rings. The van der Waals surface area contributed by atoms with Crippen LogP contribution >= 0.6 is 0 Å². The maximum Gasteiger partial charge on any atom is 0.305 e. The van der Waals surface area contributed by atoms with Crippen LogP contribution in [-0.2, 0) is 19.1 Å². The summed E-state index contributed by atoms with van der Waals surface area (Å²) in [5.41, 5.74) is 0.562. The molecular formula is C23H29NO5. The molecule has 2 aromatic rings. The van der Waals surface area contributed by atoms with Crippen molar-refractivity contribution in [2.75, 3.05) is 34.0 Å². The third-order valence-corrected chi connectivity index (χ3v) is 4.47. The van der Waals surface area contributed by atoms with Gasteiger partial charge in [0, 0.05) is 25.5 Å². The SMILES string of the molecule is COCCNC(=O)C(=CCCCCC(=O)OC)COc1cccc2ccccc12. The lowest BCUT2D eigenvalue weighted by molar-refractivity contribution is -0.140. The summed E-state index contributed by atoms with van der Waals surface area (Å²) in [6.07, 6.45) is 4.45. The molecule has 1 amide bonds. The minimum Gasteiger partial charge on any atom is -0.488 e. The summed E-state index contributed by atoms with van der Waals surface area (Å²) in [6, 6.07) is 13.8. The molecule has 0 bridgehead atoms. The van der Waals surface area contributed by atoms with Gasteiger partial charge in [-0.15, -0.1) is 0 Å². The standard InChI is InChI=1S/C23H29NO5/c1-27-16-15-24-23(26)19(10-4-3-5-14-22(25)28-2)17-29-21-13-8-11-18-9-6-7-12-20(18)21/h6-13H,3-5,14-17H2,1-2H3,(H,24,26). The lowest BCUT2D eigenvalue weighted by Crippen LogP contribution is -2.30. The second-order valence-corrected chi connectivity index (χ2v) is 6.57.